The summed E-state index contributed by atoms with van der Waals surface area (Å²) in [6, 6.07) is 5.53. The fourth-order valence-corrected chi connectivity index (χ4v) is 4.15. The number of amides is 1. The lowest BCUT2D eigenvalue weighted by molar-refractivity contribution is -0.384. The minimum absolute atomic E-state index is 0.0579. The van der Waals surface area contributed by atoms with Gasteiger partial charge in [-0.15, -0.1) is 0 Å². The van der Waals surface area contributed by atoms with E-state index in [9.17, 15) is 35.3 Å². The molecule has 2 saturated heterocycles. The molecule has 1 aromatic carbocycles. The van der Waals surface area contributed by atoms with Gasteiger partial charge >= 0.3 is 0 Å². The zero-order valence-electron chi connectivity index (χ0n) is 14.1. The van der Waals surface area contributed by atoms with Gasteiger partial charge in [0.2, 0.25) is 0 Å². The highest BCUT2D eigenvalue weighted by molar-refractivity contribution is 8.26. The van der Waals surface area contributed by atoms with Gasteiger partial charge in [-0.2, -0.15) is 0 Å². The molecule has 1 amide bonds. The average molecular weight is 428 g/mol. The zero-order valence-corrected chi connectivity index (χ0v) is 15.7. The highest BCUT2D eigenvalue weighted by Crippen LogP contribution is 2.37. The van der Waals surface area contributed by atoms with E-state index in [2.05, 4.69) is 0 Å². The Morgan fingerprint density at radius 1 is 1.21 bits per heavy atom. The Balaban J connectivity index is 1.84. The summed E-state index contributed by atoms with van der Waals surface area (Å²) < 4.78 is 5.45. The van der Waals surface area contributed by atoms with Crippen LogP contribution < -0.4 is 0 Å². The predicted octanol–water partition coefficient (Wildman–Crippen LogP) is -0.404. The van der Waals surface area contributed by atoms with Gasteiger partial charge < -0.3 is 25.2 Å². The van der Waals surface area contributed by atoms with Crippen molar-refractivity contribution in [3.05, 3.63) is 44.8 Å². The Bertz CT molecular complexity index is 828. The number of rotatable bonds is 4. The van der Waals surface area contributed by atoms with Crippen LogP contribution in [-0.4, -0.2) is 77.7 Å². The highest BCUT2D eigenvalue weighted by Gasteiger charge is 2.50. The van der Waals surface area contributed by atoms with Crippen LogP contribution in [0.1, 0.15) is 5.56 Å². The van der Waals surface area contributed by atoms with Crippen LogP contribution in [-0.2, 0) is 9.53 Å². The van der Waals surface area contributed by atoms with Crippen molar-refractivity contribution >= 4 is 46.0 Å². The Hall–Kier alpha value is -1.93. The summed E-state index contributed by atoms with van der Waals surface area (Å²) in [5.74, 6) is -0.599. The summed E-state index contributed by atoms with van der Waals surface area (Å²) >= 11 is 6.11. The first kappa shape index (κ1) is 20.8. The lowest BCUT2D eigenvalue weighted by Gasteiger charge is -2.42. The molecule has 2 aliphatic rings. The van der Waals surface area contributed by atoms with Crippen LogP contribution in [0.4, 0.5) is 5.69 Å². The van der Waals surface area contributed by atoms with Gasteiger partial charge in [0.1, 0.15) is 24.4 Å². The maximum absolute atomic E-state index is 12.8. The molecule has 3 rings (SSSR count). The molecule has 5 atom stereocenters. The van der Waals surface area contributed by atoms with Crippen molar-refractivity contribution in [2.45, 2.75) is 30.6 Å². The number of carbonyl (C=O) groups is 1. The summed E-state index contributed by atoms with van der Waals surface area (Å²) in [5.41, 5.74) is 0.436. The maximum atomic E-state index is 12.8. The van der Waals surface area contributed by atoms with Gasteiger partial charge in [0, 0.05) is 12.1 Å². The Labute approximate surface area is 168 Å². The third kappa shape index (κ3) is 3.80. The molecule has 28 heavy (non-hydrogen) atoms. The highest BCUT2D eigenvalue weighted by atomic mass is 32.2. The summed E-state index contributed by atoms with van der Waals surface area (Å²) in [4.78, 5) is 24.1. The van der Waals surface area contributed by atoms with Gasteiger partial charge in [-0.05, 0) is 23.8 Å². The number of non-ortho nitro benzene ring substituents is 1. The number of thiocarbonyl (C=S) groups is 1. The number of benzene rings is 1. The molecule has 0 aromatic heterocycles. The maximum Gasteiger partial charge on any atom is 0.269 e. The summed E-state index contributed by atoms with van der Waals surface area (Å²) in [6.07, 6.45) is -5.91. The molecule has 2 fully saturated rings. The molecule has 0 radical (unpaired) electrons. The van der Waals surface area contributed by atoms with E-state index in [1.54, 1.807) is 0 Å². The largest absolute Gasteiger partial charge is 0.394 e. The minimum atomic E-state index is -1.64. The quantitative estimate of drug-likeness (QED) is 0.215. The molecule has 150 valence electrons. The Morgan fingerprint density at radius 3 is 2.43 bits per heavy atom. The third-order valence-corrected chi connectivity index (χ3v) is 5.68. The molecular formula is C16H16N2O8S2. The first-order chi connectivity index (χ1) is 13.2. The van der Waals surface area contributed by atoms with Gasteiger partial charge in [0.05, 0.1) is 16.4 Å². The van der Waals surface area contributed by atoms with Gasteiger partial charge in [-0.3, -0.25) is 19.8 Å². The first-order valence-corrected chi connectivity index (χ1v) is 9.29. The van der Waals surface area contributed by atoms with Crippen LogP contribution in [0.3, 0.4) is 0 Å². The van der Waals surface area contributed by atoms with Crippen LogP contribution in [0.25, 0.3) is 6.08 Å². The summed E-state index contributed by atoms with van der Waals surface area (Å²) in [6.45, 7) is -0.630. The number of ether oxygens (including phenoxy) is 1. The smallest absolute Gasteiger partial charge is 0.269 e. The van der Waals surface area contributed by atoms with Crippen molar-refractivity contribution in [3.63, 3.8) is 0 Å². The van der Waals surface area contributed by atoms with Crippen LogP contribution >= 0.6 is 24.0 Å². The van der Waals surface area contributed by atoms with Crippen LogP contribution in [0.2, 0.25) is 0 Å². The number of nitro benzene ring substituents is 1. The molecule has 2 heterocycles. The van der Waals surface area contributed by atoms with Crippen molar-refractivity contribution in [2.75, 3.05) is 6.61 Å². The van der Waals surface area contributed by atoms with E-state index in [0.29, 0.717) is 5.56 Å². The van der Waals surface area contributed by atoms with Crippen LogP contribution in [0.5, 0.6) is 0 Å². The zero-order chi connectivity index (χ0) is 20.6. The number of aliphatic hydroxyl groups is 4. The second kappa shape index (κ2) is 8.21. The molecule has 10 nitrogen and oxygen atoms in total. The van der Waals surface area contributed by atoms with Crippen LogP contribution in [0.15, 0.2) is 29.2 Å². The van der Waals surface area contributed by atoms with Crippen molar-refractivity contribution < 1.29 is 34.9 Å². The van der Waals surface area contributed by atoms with Crippen LogP contribution in [0, 0.1) is 10.1 Å². The standard InChI is InChI=1S/C16H16N2O8S2/c19-6-9-11(20)12(21)13(22)15(26-9)17-14(23)10(28-16(17)27)5-7-1-3-8(4-2-7)18(24)25/h1-5,9,11-13,15,19-22H,6H2/b10-5-. The van der Waals surface area contributed by atoms with E-state index in [1.165, 1.54) is 30.3 Å². The molecule has 2 aliphatic heterocycles. The van der Waals surface area contributed by atoms with E-state index in [0.717, 1.165) is 16.7 Å². The molecule has 0 bridgehead atoms. The minimum Gasteiger partial charge on any atom is -0.394 e. The van der Waals surface area contributed by atoms with Gasteiger partial charge in [0.25, 0.3) is 11.6 Å². The summed E-state index contributed by atoms with van der Waals surface area (Å²) in [7, 11) is 0. The Kier molecular flexibility index (Phi) is 6.09. The first-order valence-electron chi connectivity index (χ1n) is 8.06. The average Bonchev–Trinajstić information content (AvgIpc) is 2.94. The van der Waals surface area contributed by atoms with Crippen molar-refractivity contribution in [1.82, 2.24) is 4.90 Å². The number of nitro groups is 1. The monoisotopic (exact) mass is 428 g/mol. The van der Waals surface area contributed by atoms with E-state index in [-0.39, 0.29) is 14.9 Å². The van der Waals surface area contributed by atoms with Gasteiger partial charge in [0.15, 0.2) is 10.5 Å². The number of carbonyl (C=O) groups excluding carboxylic acids is 1. The topological polar surface area (TPSA) is 154 Å². The second-order valence-electron chi connectivity index (χ2n) is 6.12. The molecule has 0 saturated carbocycles. The van der Waals surface area contributed by atoms with E-state index in [4.69, 9.17) is 17.0 Å². The number of nitrogens with zero attached hydrogens (tertiary/aromatic N) is 2. The van der Waals surface area contributed by atoms with Gasteiger partial charge in [-0.1, -0.05) is 24.0 Å². The van der Waals surface area contributed by atoms with E-state index >= 15 is 0 Å². The molecule has 12 heteroatoms. The van der Waals surface area contributed by atoms with Crippen molar-refractivity contribution in [3.8, 4) is 0 Å². The van der Waals surface area contributed by atoms with Crippen molar-refractivity contribution in [1.29, 1.82) is 0 Å². The van der Waals surface area contributed by atoms with E-state index < -0.39 is 48.1 Å². The third-order valence-electron chi connectivity index (χ3n) is 4.35. The molecule has 5 unspecified atom stereocenters. The Morgan fingerprint density at radius 2 is 1.86 bits per heavy atom. The molecular weight excluding hydrogens is 412 g/mol. The van der Waals surface area contributed by atoms with Gasteiger partial charge in [-0.25, -0.2) is 0 Å². The lowest BCUT2D eigenvalue weighted by Crippen LogP contribution is -2.63. The number of hydrogen-bond donors (Lipinski definition) is 4. The number of aliphatic hydroxyl groups excluding tert-OH is 4. The molecule has 4 N–H and O–H groups in total. The second-order valence-corrected chi connectivity index (χ2v) is 7.80. The molecule has 0 spiro atoms. The summed E-state index contributed by atoms with van der Waals surface area (Å²) in [5, 5.41) is 50.0. The van der Waals surface area contributed by atoms with E-state index in [1.807, 2.05) is 0 Å². The predicted molar refractivity (Wildman–Crippen MR) is 102 cm³/mol. The lowest BCUT2D eigenvalue weighted by atomic mass is 9.98. The number of thioether (sulfide) groups is 1. The number of hydrogen-bond acceptors (Lipinski definition) is 10. The van der Waals surface area contributed by atoms with Crippen molar-refractivity contribution in [2.24, 2.45) is 0 Å². The molecule has 0 aliphatic carbocycles. The SMILES string of the molecule is O=C1/C(=C/c2ccc([N+](=O)[O-])cc2)SC(=S)N1C1OC(CO)C(O)C(O)C1O. The fourth-order valence-electron chi connectivity index (χ4n) is 2.84. The fraction of sp³-hybridized carbons (Fsp3) is 0.375. The normalized spacial score (nSPS) is 32.2. The molecule has 1 aromatic rings.